The summed E-state index contributed by atoms with van der Waals surface area (Å²) in [5.74, 6) is 0. The number of hydrogen-bond donors (Lipinski definition) is 2. The number of aromatic amines is 1. The number of halogens is 3. The molecule has 2 N–H and O–H groups in total. The number of aliphatic imine (C=N–C) groups is 1. The quantitative estimate of drug-likeness (QED) is 0.484. The molecule has 0 spiro atoms. The number of carbonyl (C=O) groups excluding carboxylic acids is 1. The first-order valence-corrected chi connectivity index (χ1v) is 9.69. The van der Waals surface area contributed by atoms with Crippen molar-refractivity contribution in [3.8, 4) is 5.69 Å². The van der Waals surface area contributed by atoms with Crippen molar-refractivity contribution in [2.45, 2.75) is 13.8 Å². The van der Waals surface area contributed by atoms with Crippen molar-refractivity contribution in [1.82, 2.24) is 9.78 Å². The fraction of sp³-hybridized carbons (Fsp3) is 0.105. The van der Waals surface area contributed by atoms with Gasteiger partial charge in [0.25, 0.3) is 5.56 Å². The van der Waals surface area contributed by atoms with Crippen molar-refractivity contribution in [2.24, 2.45) is 4.99 Å². The fourth-order valence-corrected chi connectivity index (χ4v) is 3.06. The van der Waals surface area contributed by atoms with Crippen molar-refractivity contribution < 1.29 is 4.79 Å². The van der Waals surface area contributed by atoms with Gasteiger partial charge in [0, 0.05) is 22.1 Å². The highest BCUT2D eigenvalue weighted by Crippen LogP contribution is 2.25. The van der Waals surface area contributed by atoms with E-state index in [0.717, 1.165) is 10.0 Å². The second kappa shape index (κ2) is 8.34. The molecule has 2 aromatic carbocycles. The lowest BCUT2D eigenvalue weighted by molar-refractivity contribution is 0.259. The van der Waals surface area contributed by atoms with Gasteiger partial charge in [0.15, 0.2) is 0 Å². The summed E-state index contributed by atoms with van der Waals surface area (Å²) in [5, 5.41) is 6.27. The Bertz CT molecular complexity index is 1150. The van der Waals surface area contributed by atoms with E-state index in [2.05, 4.69) is 31.3 Å². The third-order valence-corrected chi connectivity index (χ3v) is 5.63. The summed E-state index contributed by atoms with van der Waals surface area (Å²) in [7, 11) is 0. The molecule has 3 rings (SSSR count). The number of anilines is 1. The Morgan fingerprint density at radius 1 is 1.18 bits per heavy atom. The molecule has 0 atom stereocenters. The maximum absolute atomic E-state index is 12.7. The van der Waals surface area contributed by atoms with Crippen LogP contribution in [0.4, 0.5) is 10.5 Å². The molecule has 0 fully saturated rings. The molecule has 2 amide bonds. The number of aromatic nitrogens is 2. The first-order chi connectivity index (χ1) is 13.3. The molecule has 0 saturated carbocycles. The number of H-pyrrole nitrogens is 1. The molecular weight excluding hydrogens is 467 g/mol. The fourth-order valence-electron chi connectivity index (χ4n) is 2.51. The van der Waals surface area contributed by atoms with Crippen LogP contribution in [-0.4, -0.2) is 22.0 Å². The summed E-state index contributed by atoms with van der Waals surface area (Å²) in [5.41, 5.74) is 2.72. The number of benzene rings is 2. The zero-order valence-electron chi connectivity index (χ0n) is 14.9. The number of nitrogens with zero attached hydrogens (tertiary/aromatic N) is 2. The number of nitrogens with one attached hydrogen (secondary N) is 2. The predicted molar refractivity (Wildman–Crippen MR) is 117 cm³/mol. The number of hydrogen-bond acceptors (Lipinski definition) is 2. The summed E-state index contributed by atoms with van der Waals surface area (Å²) in [6, 6.07) is 9.60. The van der Waals surface area contributed by atoms with Crippen LogP contribution in [-0.2, 0) is 0 Å². The van der Waals surface area contributed by atoms with E-state index in [0.29, 0.717) is 32.7 Å². The Morgan fingerprint density at radius 3 is 2.61 bits per heavy atom. The molecular formula is C19H15BrCl2N4O2. The number of amides is 2. The highest BCUT2D eigenvalue weighted by atomic mass is 79.9. The molecule has 1 aromatic heterocycles. The van der Waals surface area contributed by atoms with Crippen LogP contribution >= 0.6 is 39.1 Å². The Morgan fingerprint density at radius 2 is 1.93 bits per heavy atom. The highest BCUT2D eigenvalue weighted by Gasteiger charge is 2.12. The van der Waals surface area contributed by atoms with Crippen molar-refractivity contribution in [3.63, 3.8) is 0 Å². The van der Waals surface area contributed by atoms with Crippen LogP contribution in [0, 0.1) is 13.8 Å². The van der Waals surface area contributed by atoms with E-state index in [9.17, 15) is 9.59 Å². The Kier molecular flexibility index (Phi) is 6.07. The zero-order chi connectivity index (χ0) is 20.4. The Balaban J connectivity index is 1.83. The minimum atomic E-state index is -0.635. The molecule has 0 aliphatic rings. The van der Waals surface area contributed by atoms with Crippen LogP contribution in [0.15, 0.2) is 50.7 Å². The predicted octanol–water partition coefficient (Wildman–Crippen LogP) is 5.50. The molecule has 0 bridgehead atoms. The van der Waals surface area contributed by atoms with Gasteiger partial charge in [-0.1, -0.05) is 39.1 Å². The van der Waals surface area contributed by atoms with Crippen molar-refractivity contribution in [3.05, 3.63) is 78.1 Å². The zero-order valence-corrected chi connectivity index (χ0v) is 18.0. The summed E-state index contributed by atoms with van der Waals surface area (Å²) < 4.78 is 2.36. The van der Waals surface area contributed by atoms with Crippen molar-refractivity contribution in [1.29, 1.82) is 0 Å². The molecule has 6 nitrogen and oxygen atoms in total. The number of rotatable bonds is 3. The summed E-state index contributed by atoms with van der Waals surface area (Å²) >= 11 is 15.2. The molecule has 9 heteroatoms. The number of carbonyl (C=O) groups is 1. The summed E-state index contributed by atoms with van der Waals surface area (Å²) in [6.07, 6.45) is 1.24. The van der Waals surface area contributed by atoms with Gasteiger partial charge in [0.1, 0.15) is 0 Å². The summed E-state index contributed by atoms with van der Waals surface area (Å²) in [6.45, 7) is 3.67. The molecule has 0 unspecified atom stereocenters. The molecule has 0 saturated heterocycles. The third kappa shape index (κ3) is 4.38. The molecule has 1 heterocycles. The van der Waals surface area contributed by atoms with Crippen LogP contribution in [0.2, 0.25) is 10.0 Å². The van der Waals surface area contributed by atoms with E-state index in [1.165, 1.54) is 17.0 Å². The lowest BCUT2D eigenvalue weighted by Crippen LogP contribution is -2.18. The normalized spacial score (nSPS) is 11.2. The third-order valence-electron chi connectivity index (χ3n) is 4.00. The van der Waals surface area contributed by atoms with Gasteiger partial charge in [0.05, 0.1) is 21.3 Å². The van der Waals surface area contributed by atoms with E-state index in [1.54, 1.807) is 19.1 Å². The SMILES string of the molecule is Cc1cc(-n2[nH]c(C)c(C=NC(=O)Nc3ccc(Cl)c(Cl)c3)c2=O)ccc1Br. The number of aryl methyl sites for hydroxylation is 2. The lowest BCUT2D eigenvalue weighted by atomic mass is 10.2. The summed E-state index contributed by atoms with van der Waals surface area (Å²) in [4.78, 5) is 28.6. The molecule has 28 heavy (non-hydrogen) atoms. The van der Waals surface area contributed by atoms with Gasteiger partial charge < -0.3 is 5.32 Å². The highest BCUT2D eigenvalue weighted by molar-refractivity contribution is 9.10. The first-order valence-electron chi connectivity index (χ1n) is 8.14. The van der Waals surface area contributed by atoms with E-state index in [1.807, 2.05) is 25.1 Å². The first kappa shape index (κ1) is 20.4. The van der Waals surface area contributed by atoms with Crippen molar-refractivity contribution in [2.75, 3.05) is 5.32 Å². The Hall–Kier alpha value is -2.35. The van der Waals surface area contributed by atoms with Gasteiger partial charge in [-0.25, -0.2) is 14.5 Å². The van der Waals surface area contributed by atoms with Crippen LogP contribution < -0.4 is 10.9 Å². The van der Waals surface area contributed by atoms with E-state index >= 15 is 0 Å². The monoisotopic (exact) mass is 480 g/mol. The maximum atomic E-state index is 12.7. The van der Waals surface area contributed by atoms with Gasteiger partial charge in [-0.2, -0.15) is 0 Å². The standard InChI is InChI=1S/C19H15BrCl2N4O2/c1-10-7-13(4-5-15(10)20)26-18(27)14(11(2)25-26)9-23-19(28)24-12-3-6-16(21)17(22)8-12/h3-9,25H,1-2H3,(H,24,28). The van der Waals surface area contributed by atoms with Gasteiger partial charge in [-0.05, 0) is 55.8 Å². The molecule has 0 aliphatic heterocycles. The second-order valence-electron chi connectivity index (χ2n) is 6.04. The van der Waals surface area contributed by atoms with Crippen LogP contribution in [0.1, 0.15) is 16.8 Å². The van der Waals surface area contributed by atoms with Crippen LogP contribution in [0.25, 0.3) is 5.69 Å². The van der Waals surface area contributed by atoms with Crippen molar-refractivity contribution >= 4 is 57.1 Å². The minimum Gasteiger partial charge on any atom is -0.306 e. The van der Waals surface area contributed by atoms with Gasteiger partial charge in [0.2, 0.25) is 0 Å². The average Bonchev–Trinajstić information content (AvgIpc) is 2.93. The van der Waals surface area contributed by atoms with Gasteiger partial charge in [-0.3, -0.25) is 9.89 Å². The molecule has 3 aromatic rings. The van der Waals surface area contributed by atoms with Gasteiger partial charge >= 0.3 is 6.03 Å². The maximum Gasteiger partial charge on any atom is 0.345 e. The lowest BCUT2D eigenvalue weighted by Gasteiger charge is -2.04. The minimum absolute atomic E-state index is 0.296. The van der Waals surface area contributed by atoms with E-state index < -0.39 is 6.03 Å². The second-order valence-corrected chi connectivity index (χ2v) is 7.71. The molecule has 0 radical (unpaired) electrons. The van der Waals surface area contributed by atoms with E-state index in [-0.39, 0.29) is 5.56 Å². The van der Waals surface area contributed by atoms with E-state index in [4.69, 9.17) is 23.2 Å². The topological polar surface area (TPSA) is 79.2 Å². The van der Waals surface area contributed by atoms with Gasteiger partial charge in [-0.15, -0.1) is 0 Å². The number of urea groups is 1. The Labute approximate surface area is 179 Å². The smallest absolute Gasteiger partial charge is 0.306 e. The molecule has 144 valence electrons. The van der Waals surface area contributed by atoms with Crippen LogP contribution in [0.3, 0.4) is 0 Å². The van der Waals surface area contributed by atoms with Crippen LogP contribution in [0.5, 0.6) is 0 Å². The molecule has 0 aliphatic carbocycles. The largest absolute Gasteiger partial charge is 0.345 e. The average molecular weight is 482 g/mol.